The van der Waals surface area contributed by atoms with E-state index in [1.54, 1.807) is 35.7 Å². The van der Waals surface area contributed by atoms with E-state index in [2.05, 4.69) is 27.7 Å². The summed E-state index contributed by atoms with van der Waals surface area (Å²) in [5.41, 5.74) is -0.321. The number of rotatable bonds is 16. The van der Waals surface area contributed by atoms with Crippen molar-refractivity contribution in [2.45, 2.75) is 72.6 Å². The van der Waals surface area contributed by atoms with Gasteiger partial charge in [0.1, 0.15) is 0 Å². The number of hydrogen-bond donors (Lipinski definition) is 0. The molecule has 2 atom stereocenters. The summed E-state index contributed by atoms with van der Waals surface area (Å²) in [6.45, 7) is 11.9. The van der Waals surface area contributed by atoms with Crippen molar-refractivity contribution in [3.63, 3.8) is 0 Å². The Bertz CT molecular complexity index is 987. The lowest BCUT2D eigenvalue weighted by Crippen LogP contribution is -2.47. The van der Waals surface area contributed by atoms with Gasteiger partial charge in [-0.15, -0.1) is 23.5 Å². The fourth-order valence-corrected chi connectivity index (χ4v) is 8.33. The van der Waals surface area contributed by atoms with Crippen LogP contribution in [0.3, 0.4) is 0 Å². The van der Waals surface area contributed by atoms with Crippen LogP contribution < -0.4 is 0 Å². The minimum Gasteiger partial charge on any atom is -0.381 e. The van der Waals surface area contributed by atoms with Crippen LogP contribution >= 0.6 is 23.5 Å². The molecule has 228 valence electrons. The molecule has 4 aliphatic rings. The van der Waals surface area contributed by atoms with Crippen LogP contribution in [0.4, 0.5) is 0 Å². The molecule has 2 fully saturated rings. The van der Waals surface area contributed by atoms with E-state index in [-0.39, 0.29) is 46.3 Å². The fraction of sp³-hybridized carbons (Fsp3) is 0.742. The Balaban J connectivity index is 1.02. The van der Waals surface area contributed by atoms with Gasteiger partial charge in [-0.2, -0.15) is 0 Å². The van der Waals surface area contributed by atoms with Crippen molar-refractivity contribution in [1.29, 1.82) is 0 Å². The molecule has 0 saturated carbocycles. The Labute approximate surface area is 253 Å². The molecule has 2 unspecified atom stereocenters. The molecular formula is C31H46N2O6S2. The highest BCUT2D eigenvalue weighted by Crippen LogP contribution is 2.41. The third-order valence-corrected chi connectivity index (χ3v) is 10.6. The van der Waals surface area contributed by atoms with Crippen LogP contribution in [0.25, 0.3) is 0 Å². The molecular weight excluding hydrogens is 560 g/mol. The van der Waals surface area contributed by atoms with Crippen molar-refractivity contribution in [2.75, 3.05) is 51.0 Å². The summed E-state index contributed by atoms with van der Waals surface area (Å²) in [5, 5.41) is 0. The van der Waals surface area contributed by atoms with Crippen molar-refractivity contribution in [2.24, 2.45) is 22.7 Å². The smallest absolute Gasteiger partial charge is 0.254 e. The van der Waals surface area contributed by atoms with Gasteiger partial charge in [0.2, 0.25) is 11.8 Å². The predicted octanol–water partition coefficient (Wildman–Crippen LogP) is 5.03. The van der Waals surface area contributed by atoms with Gasteiger partial charge < -0.3 is 9.47 Å². The molecule has 8 nitrogen and oxygen atoms in total. The number of nitrogens with zero attached hydrogens (tertiary/aromatic N) is 2. The highest BCUT2D eigenvalue weighted by atomic mass is 32.2. The Hall–Kier alpha value is -1.62. The normalized spacial score (nSPS) is 23.2. The summed E-state index contributed by atoms with van der Waals surface area (Å²) in [6.07, 6.45) is 9.29. The summed E-state index contributed by atoms with van der Waals surface area (Å²) in [7, 11) is 0. The number of carbonyl (C=O) groups excluding carboxylic acids is 4. The highest BCUT2D eigenvalue weighted by molar-refractivity contribution is 8.03. The zero-order valence-corrected chi connectivity index (χ0v) is 26.7. The summed E-state index contributed by atoms with van der Waals surface area (Å²) in [4.78, 5) is 55.4. The first kappa shape index (κ1) is 32.3. The van der Waals surface area contributed by atoms with Gasteiger partial charge in [0.25, 0.3) is 11.8 Å². The van der Waals surface area contributed by atoms with E-state index in [1.165, 1.54) is 9.80 Å². The van der Waals surface area contributed by atoms with E-state index in [0.717, 1.165) is 66.3 Å². The molecule has 0 aromatic rings. The monoisotopic (exact) mass is 606 g/mol. The van der Waals surface area contributed by atoms with E-state index in [4.69, 9.17) is 9.47 Å². The molecule has 0 aromatic carbocycles. The number of carbonyl (C=O) groups is 4. The van der Waals surface area contributed by atoms with Gasteiger partial charge in [0, 0.05) is 61.5 Å². The van der Waals surface area contributed by atoms with E-state index >= 15 is 0 Å². The Morgan fingerprint density at radius 3 is 1.49 bits per heavy atom. The van der Waals surface area contributed by atoms with Crippen LogP contribution in [0.2, 0.25) is 0 Å². The van der Waals surface area contributed by atoms with Crippen LogP contribution in [0.1, 0.15) is 72.6 Å². The van der Waals surface area contributed by atoms with Gasteiger partial charge >= 0.3 is 0 Å². The average molecular weight is 607 g/mol. The minimum atomic E-state index is -0.171. The van der Waals surface area contributed by atoms with Gasteiger partial charge in [-0.05, 0) is 67.3 Å². The van der Waals surface area contributed by atoms with Crippen LogP contribution in [0, 0.1) is 22.7 Å². The van der Waals surface area contributed by atoms with Crippen LogP contribution in [0.15, 0.2) is 22.0 Å². The Morgan fingerprint density at radius 2 is 1.07 bits per heavy atom. The van der Waals surface area contributed by atoms with E-state index in [0.29, 0.717) is 39.5 Å². The molecule has 4 amide bonds. The molecule has 0 aliphatic carbocycles. The van der Waals surface area contributed by atoms with Gasteiger partial charge in [0.05, 0.1) is 11.8 Å². The van der Waals surface area contributed by atoms with E-state index in [1.807, 2.05) is 0 Å². The SMILES string of the molecule is CC(C)(CCCOCCCOCCCC(C)(C)CN1C(=O)C=C2SCCC2C1=O)CN1C(=O)C=C2SCCC2C1=O. The van der Waals surface area contributed by atoms with Gasteiger partial charge in [-0.25, -0.2) is 0 Å². The number of imide groups is 2. The van der Waals surface area contributed by atoms with Crippen molar-refractivity contribution in [3.05, 3.63) is 22.0 Å². The number of fused-ring (bicyclic) bond motifs is 2. The quantitative estimate of drug-likeness (QED) is 0.178. The number of ether oxygens (including phenoxy) is 2. The Kier molecular flexibility index (Phi) is 11.2. The van der Waals surface area contributed by atoms with Crippen LogP contribution in [0.5, 0.6) is 0 Å². The Morgan fingerprint density at radius 1 is 0.683 bits per heavy atom. The lowest BCUT2D eigenvalue weighted by Gasteiger charge is -2.34. The molecule has 0 bridgehead atoms. The summed E-state index contributed by atoms with van der Waals surface area (Å²) < 4.78 is 11.6. The maximum absolute atomic E-state index is 12.8. The summed E-state index contributed by atoms with van der Waals surface area (Å²) in [5.74, 6) is 1.20. The lowest BCUT2D eigenvalue weighted by molar-refractivity contribution is -0.148. The molecule has 41 heavy (non-hydrogen) atoms. The molecule has 10 heteroatoms. The van der Waals surface area contributed by atoms with Gasteiger partial charge in [-0.3, -0.25) is 29.0 Å². The molecule has 0 spiro atoms. The standard InChI is InChI=1S/C31H46N2O6S2/c1-30(2,20-32-26(34)18-24-22(28(32)36)8-16-40-24)10-5-12-38-14-7-15-39-13-6-11-31(3,4)21-33-27(35)19-25-23(29(33)37)9-17-41-25/h18-19,22-23H,5-17,20-21H2,1-4H3. The molecule has 2 saturated heterocycles. The highest BCUT2D eigenvalue weighted by Gasteiger charge is 2.41. The first-order valence-electron chi connectivity index (χ1n) is 15.0. The fourth-order valence-electron chi connectivity index (χ4n) is 5.94. The maximum atomic E-state index is 12.8. The lowest BCUT2D eigenvalue weighted by atomic mass is 9.86. The molecule has 4 rings (SSSR count). The second kappa shape index (κ2) is 14.2. The number of thioether (sulfide) groups is 2. The first-order valence-corrected chi connectivity index (χ1v) is 17.0. The van der Waals surface area contributed by atoms with Gasteiger partial charge in [-0.1, -0.05) is 27.7 Å². The van der Waals surface area contributed by atoms with Crippen molar-refractivity contribution in [1.82, 2.24) is 9.80 Å². The number of amides is 4. The van der Waals surface area contributed by atoms with E-state index in [9.17, 15) is 19.2 Å². The molecule has 0 aromatic heterocycles. The minimum absolute atomic E-state index is 0.0308. The number of hydrogen-bond acceptors (Lipinski definition) is 8. The van der Waals surface area contributed by atoms with Crippen molar-refractivity contribution >= 4 is 47.2 Å². The van der Waals surface area contributed by atoms with Crippen LogP contribution in [-0.2, 0) is 28.7 Å². The first-order chi connectivity index (χ1) is 19.5. The maximum Gasteiger partial charge on any atom is 0.254 e. The molecule has 4 aliphatic heterocycles. The third-order valence-electron chi connectivity index (χ3n) is 8.26. The molecule has 4 heterocycles. The average Bonchev–Trinajstić information content (AvgIpc) is 3.57. The largest absolute Gasteiger partial charge is 0.381 e. The summed E-state index contributed by atoms with van der Waals surface area (Å²) >= 11 is 3.27. The molecule has 0 radical (unpaired) electrons. The van der Waals surface area contributed by atoms with Gasteiger partial charge in [0.15, 0.2) is 0 Å². The predicted molar refractivity (Wildman–Crippen MR) is 163 cm³/mol. The van der Waals surface area contributed by atoms with Crippen molar-refractivity contribution < 1.29 is 28.7 Å². The topological polar surface area (TPSA) is 93.2 Å². The summed E-state index contributed by atoms with van der Waals surface area (Å²) in [6, 6.07) is 0. The molecule has 0 N–H and O–H groups in total. The zero-order valence-electron chi connectivity index (χ0n) is 25.1. The second-order valence-corrected chi connectivity index (χ2v) is 15.4. The zero-order chi connectivity index (χ0) is 29.6. The third kappa shape index (κ3) is 8.71. The van der Waals surface area contributed by atoms with Crippen LogP contribution in [-0.4, -0.2) is 84.5 Å². The van der Waals surface area contributed by atoms with E-state index < -0.39 is 0 Å². The van der Waals surface area contributed by atoms with Crippen molar-refractivity contribution in [3.8, 4) is 0 Å². The second-order valence-electron chi connectivity index (χ2n) is 13.1.